The van der Waals surface area contributed by atoms with Gasteiger partial charge in [-0.1, -0.05) is 41.9 Å². The van der Waals surface area contributed by atoms with Crippen LogP contribution in [0.1, 0.15) is 22.8 Å². The van der Waals surface area contributed by atoms with Crippen LogP contribution in [0.5, 0.6) is 0 Å². The molecule has 0 saturated carbocycles. The Morgan fingerprint density at radius 1 is 1.21 bits per heavy atom. The van der Waals surface area contributed by atoms with Gasteiger partial charge in [0.15, 0.2) is 5.70 Å². The molecular weight excluding hydrogens is 505 g/mol. The number of cyclic esters (lactones) is 1. The summed E-state index contributed by atoms with van der Waals surface area (Å²) in [7, 11) is 0. The van der Waals surface area contributed by atoms with Gasteiger partial charge in [-0.3, -0.25) is 4.79 Å². The molecule has 29 heavy (non-hydrogen) atoms. The smallest absolute Gasteiger partial charge is 0.363 e. The van der Waals surface area contributed by atoms with E-state index in [0.717, 1.165) is 9.13 Å². The summed E-state index contributed by atoms with van der Waals surface area (Å²) in [6, 6.07) is 14.8. The number of rotatable bonds is 3. The molecular formula is C21H13ClIN3O3. The van der Waals surface area contributed by atoms with E-state index >= 15 is 0 Å². The molecule has 144 valence electrons. The molecule has 0 unspecified atom stereocenters. The van der Waals surface area contributed by atoms with Gasteiger partial charge in [0.05, 0.1) is 10.6 Å². The van der Waals surface area contributed by atoms with Gasteiger partial charge in [0, 0.05) is 27.8 Å². The van der Waals surface area contributed by atoms with Crippen LogP contribution in [-0.2, 0) is 9.53 Å². The number of ether oxygens (including phenoxy) is 1. The Bertz CT molecular complexity index is 1200. The van der Waals surface area contributed by atoms with E-state index in [9.17, 15) is 9.59 Å². The number of esters is 1. The lowest BCUT2D eigenvalue weighted by Gasteiger charge is -2.02. The zero-order valence-corrected chi connectivity index (χ0v) is 18.0. The average molecular weight is 518 g/mol. The van der Waals surface area contributed by atoms with Gasteiger partial charge in [-0.15, -0.1) is 0 Å². The summed E-state index contributed by atoms with van der Waals surface area (Å²) in [5.41, 5.74) is 2.61. The third-order valence-corrected chi connectivity index (χ3v) is 5.18. The third-order valence-electron chi connectivity index (χ3n) is 4.18. The first-order valence-electron chi connectivity index (χ1n) is 8.56. The SMILES string of the molecule is CC(=O)n1cc(C=C2N=C(c3cc(I)ccc3Cl)OC2=O)c(-c2ccccc2)n1. The van der Waals surface area contributed by atoms with E-state index in [4.69, 9.17) is 16.3 Å². The van der Waals surface area contributed by atoms with Gasteiger partial charge in [0.1, 0.15) is 5.69 Å². The first-order chi connectivity index (χ1) is 13.9. The highest BCUT2D eigenvalue weighted by atomic mass is 127. The summed E-state index contributed by atoms with van der Waals surface area (Å²) in [5, 5.41) is 4.79. The van der Waals surface area contributed by atoms with Crippen molar-refractivity contribution in [2.75, 3.05) is 0 Å². The van der Waals surface area contributed by atoms with Crippen LogP contribution in [0.2, 0.25) is 5.02 Å². The van der Waals surface area contributed by atoms with Crippen molar-refractivity contribution in [2.24, 2.45) is 4.99 Å². The predicted octanol–water partition coefficient (Wildman–Crippen LogP) is 4.81. The van der Waals surface area contributed by atoms with Crippen LogP contribution in [0.3, 0.4) is 0 Å². The van der Waals surface area contributed by atoms with Crippen LogP contribution < -0.4 is 0 Å². The maximum atomic E-state index is 12.4. The monoisotopic (exact) mass is 517 g/mol. The highest BCUT2D eigenvalue weighted by Crippen LogP contribution is 2.28. The Morgan fingerprint density at radius 3 is 2.69 bits per heavy atom. The van der Waals surface area contributed by atoms with Gasteiger partial charge in [-0.2, -0.15) is 5.10 Å². The minimum absolute atomic E-state index is 0.107. The Labute approximate surface area is 185 Å². The topological polar surface area (TPSA) is 73.6 Å². The zero-order chi connectivity index (χ0) is 20.5. The highest BCUT2D eigenvalue weighted by molar-refractivity contribution is 14.1. The number of aromatic nitrogens is 2. The number of halogens is 2. The lowest BCUT2D eigenvalue weighted by molar-refractivity contribution is -0.129. The standard InChI is InChI=1S/C21H13ClIN3O3/c1-12(27)26-11-14(19(25-26)13-5-3-2-4-6-13)9-18-21(28)29-20(24-18)16-10-15(23)7-8-17(16)22/h2-11H,1H3. The molecule has 3 aromatic rings. The number of hydrogen-bond acceptors (Lipinski definition) is 5. The molecule has 0 fully saturated rings. The van der Waals surface area contributed by atoms with E-state index in [1.165, 1.54) is 11.6 Å². The molecule has 0 amide bonds. The third kappa shape index (κ3) is 4.01. The molecule has 4 rings (SSSR count). The summed E-state index contributed by atoms with van der Waals surface area (Å²) >= 11 is 8.38. The fourth-order valence-corrected chi connectivity index (χ4v) is 3.50. The first kappa shape index (κ1) is 19.5. The number of carbonyl (C=O) groups is 2. The van der Waals surface area contributed by atoms with Crippen LogP contribution in [0.4, 0.5) is 0 Å². The molecule has 8 heteroatoms. The second-order valence-electron chi connectivity index (χ2n) is 6.22. The summed E-state index contributed by atoms with van der Waals surface area (Å²) in [6.45, 7) is 1.41. The molecule has 0 radical (unpaired) electrons. The van der Waals surface area contributed by atoms with Crippen molar-refractivity contribution in [1.82, 2.24) is 9.78 Å². The van der Waals surface area contributed by atoms with Gasteiger partial charge in [0.25, 0.3) is 0 Å². The quantitative estimate of drug-likeness (QED) is 0.284. The summed E-state index contributed by atoms with van der Waals surface area (Å²) in [6.07, 6.45) is 3.13. The number of nitrogens with zero attached hydrogens (tertiary/aromatic N) is 3. The minimum Gasteiger partial charge on any atom is -0.402 e. The normalized spacial score (nSPS) is 14.8. The van der Waals surface area contributed by atoms with Crippen LogP contribution >= 0.6 is 34.2 Å². The molecule has 6 nitrogen and oxygen atoms in total. The molecule has 1 aliphatic rings. The van der Waals surface area contributed by atoms with Crippen LogP contribution in [0.25, 0.3) is 17.3 Å². The maximum absolute atomic E-state index is 12.4. The van der Waals surface area contributed by atoms with Gasteiger partial charge < -0.3 is 4.74 Å². The Morgan fingerprint density at radius 2 is 1.97 bits per heavy atom. The number of aliphatic imine (C=N–C) groups is 1. The summed E-state index contributed by atoms with van der Waals surface area (Å²) < 4.78 is 7.50. The summed E-state index contributed by atoms with van der Waals surface area (Å²) in [4.78, 5) is 28.5. The van der Waals surface area contributed by atoms with Gasteiger partial charge >= 0.3 is 5.97 Å². The minimum atomic E-state index is -0.593. The van der Waals surface area contributed by atoms with Crippen molar-refractivity contribution < 1.29 is 14.3 Å². The van der Waals surface area contributed by atoms with Crippen molar-refractivity contribution in [3.05, 3.63) is 80.1 Å². The predicted molar refractivity (Wildman–Crippen MR) is 119 cm³/mol. The largest absolute Gasteiger partial charge is 0.402 e. The lowest BCUT2D eigenvalue weighted by Crippen LogP contribution is -2.06. The van der Waals surface area contributed by atoms with Crippen molar-refractivity contribution >= 4 is 58.0 Å². The number of hydrogen-bond donors (Lipinski definition) is 0. The molecule has 2 aromatic carbocycles. The van der Waals surface area contributed by atoms with E-state index in [0.29, 0.717) is 21.8 Å². The average Bonchev–Trinajstić information content (AvgIpc) is 3.29. The fourth-order valence-electron chi connectivity index (χ4n) is 2.81. The number of carbonyl (C=O) groups excluding carboxylic acids is 2. The van der Waals surface area contributed by atoms with Gasteiger partial charge in [0.2, 0.25) is 11.8 Å². The van der Waals surface area contributed by atoms with Crippen molar-refractivity contribution in [1.29, 1.82) is 0 Å². The molecule has 0 N–H and O–H groups in total. The van der Waals surface area contributed by atoms with Crippen molar-refractivity contribution in [3.8, 4) is 11.3 Å². The molecule has 1 aliphatic heterocycles. The Kier molecular flexibility index (Phi) is 5.33. The van der Waals surface area contributed by atoms with Crippen LogP contribution in [-0.4, -0.2) is 27.6 Å². The molecule has 2 heterocycles. The van der Waals surface area contributed by atoms with Crippen molar-refractivity contribution in [3.63, 3.8) is 0 Å². The molecule has 0 bridgehead atoms. The zero-order valence-electron chi connectivity index (χ0n) is 15.1. The number of benzene rings is 2. The molecule has 0 atom stereocenters. The van der Waals surface area contributed by atoms with E-state index in [1.54, 1.807) is 24.4 Å². The van der Waals surface area contributed by atoms with Gasteiger partial charge in [-0.05, 0) is 46.9 Å². The van der Waals surface area contributed by atoms with Crippen molar-refractivity contribution in [2.45, 2.75) is 6.92 Å². The van der Waals surface area contributed by atoms with E-state index in [2.05, 4.69) is 32.7 Å². The van der Waals surface area contributed by atoms with E-state index < -0.39 is 5.97 Å². The molecule has 0 aliphatic carbocycles. The Hall–Kier alpha value is -2.78. The first-order valence-corrected chi connectivity index (χ1v) is 10.0. The van der Waals surface area contributed by atoms with E-state index in [1.807, 2.05) is 36.4 Å². The Balaban J connectivity index is 1.80. The molecule has 1 aromatic heterocycles. The lowest BCUT2D eigenvalue weighted by atomic mass is 10.1. The van der Waals surface area contributed by atoms with Crippen LogP contribution in [0, 0.1) is 3.57 Å². The summed E-state index contributed by atoms with van der Waals surface area (Å²) in [5.74, 6) is -0.690. The maximum Gasteiger partial charge on any atom is 0.363 e. The second-order valence-corrected chi connectivity index (χ2v) is 7.88. The highest BCUT2D eigenvalue weighted by Gasteiger charge is 2.26. The second kappa shape index (κ2) is 7.92. The molecule has 0 saturated heterocycles. The van der Waals surface area contributed by atoms with E-state index in [-0.39, 0.29) is 17.5 Å². The fraction of sp³-hybridized carbons (Fsp3) is 0.0476. The molecule has 0 spiro atoms. The van der Waals surface area contributed by atoms with Crippen LogP contribution in [0.15, 0.2) is 65.4 Å². The van der Waals surface area contributed by atoms with Gasteiger partial charge in [-0.25, -0.2) is 14.5 Å².